The molecule has 11 nitrogen and oxygen atoms in total. The number of hydrogen-bond acceptors (Lipinski definition) is 8. The Hall–Kier alpha value is -1.49. The van der Waals surface area contributed by atoms with Gasteiger partial charge in [-0.3, -0.25) is 29.0 Å². The molecule has 0 fully saturated rings. The summed E-state index contributed by atoms with van der Waals surface area (Å²) in [6.45, 7) is -2.25. The molecule has 0 aromatic carbocycles. The van der Waals surface area contributed by atoms with E-state index < -0.39 is 50.1 Å². The van der Waals surface area contributed by atoms with E-state index in [1.165, 1.54) is 5.40 Å². The van der Waals surface area contributed by atoms with Gasteiger partial charge in [0.05, 0.1) is 26.2 Å². The molecule has 0 aliphatic heterocycles. The van der Waals surface area contributed by atoms with Crippen molar-refractivity contribution in [1.29, 1.82) is 5.26 Å². The van der Waals surface area contributed by atoms with Crippen molar-refractivity contribution < 1.29 is 69.2 Å². The van der Waals surface area contributed by atoms with E-state index in [0.717, 1.165) is 9.80 Å². The molecule has 0 aliphatic rings. The fraction of sp³-hybridized carbons (Fsp3) is 0.545. The van der Waals surface area contributed by atoms with Gasteiger partial charge in [-0.2, -0.15) is 0 Å². The van der Waals surface area contributed by atoms with E-state index in [-0.39, 0.29) is 42.6 Å². The number of rotatable bonds is 11. The second-order valence-electron chi connectivity index (χ2n) is 4.09. The minimum atomic E-state index is -1.23. The molecule has 4 N–H and O–H groups in total. The molecule has 0 bridgehead atoms. The third kappa shape index (κ3) is 20.5. The maximum atomic E-state index is 10.6. The predicted molar refractivity (Wildman–Crippen MR) is 76.4 cm³/mol. The predicted octanol–water partition coefficient (Wildman–Crippen LogP) is -5.05. The maximum Gasteiger partial charge on any atom is 1.00 e. The van der Waals surface area contributed by atoms with Gasteiger partial charge in [-0.15, -0.1) is 0 Å². The van der Waals surface area contributed by atoms with Gasteiger partial charge in [-0.1, -0.05) is 5.40 Å². The summed E-state index contributed by atoms with van der Waals surface area (Å²) in [6.07, 6.45) is 0. The van der Waals surface area contributed by atoms with E-state index in [1.807, 2.05) is 0 Å². The van der Waals surface area contributed by atoms with Gasteiger partial charge in [0, 0.05) is 13.1 Å². The van der Waals surface area contributed by atoms with Crippen LogP contribution in [0.2, 0.25) is 0 Å². The second-order valence-corrected chi connectivity index (χ2v) is 4.27. The summed E-state index contributed by atoms with van der Waals surface area (Å²) in [5.41, 5.74) is 0. The van der Waals surface area contributed by atoms with E-state index in [0.29, 0.717) is 0 Å². The number of nitriles is 1. The fourth-order valence-corrected chi connectivity index (χ4v) is 1.48. The van der Waals surface area contributed by atoms with Crippen molar-refractivity contribution in [2.75, 3.05) is 39.3 Å². The molecule has 0 spiro atoms. The second kappa shape index (κ2) is 16.4. The molecule has 0 amide bonds. The van der Waals surface area contributed by atoms with Crippen molar-refractivity contribution in [2.24, 2.45) is 0 Å². The van der Waals surface area contributed by atoms with E-state index in [9.17, 15) is 19.2 Å². The summed E-state index contributed by atoms with van der Waals surface area (Å²) in [4.78, 5) is 44.4. The van der Waals surface area contributed by atoms with Crippen LogP contribution in [0, 0.1) is 10.7 Å². The van der Waals surface area contributed by atoms with Gasteiger partial charge < -0.3 is 33.1 Å². The molecule has 0 aromatic heterocycles. The smallest absolute Gasteiger partial charge is 0.696 e. The average Bonchev–Trinajstić information content (AvgIpc) is 2.33. The van der Waals surface area contributed by atoms with Crippen molar-refractivity contribution in [3.05, 3.63) is 0 Å². The van der Waals surface area contributed by atoms with Crippen LogP contribution in [0.1, 0.15) is 0 Å². The summed E-state index contributed by atoms with van der Waals surface area (Å²) >= 11 is 3.70. The Morgan fingerprint density at radius 2 is 0.917 bits per heavy atom. The standard InChI is InChI=1S/C10H16N2O8.CHNS.Na/c13-7(14)3-11(4-8(15)16)1-2-12(5-9(17)18)6-10(19)20;2-1-3;/h1-6H2,(H,13,14)(H,15,16)(H,17,18)(H,19,20);3H;/q;;+1/p-1. The summed E-state index contributed by atoms with van der Waals surface area (Å²) < 4.78 is 0. The van der Waals surface area contributed by atoms with E-state index in [4.69, 9.17) is 25.7 Å². The van der Waals surface area contributed by atoms with Gasteiger partial charge >= 0.3 is 53.4 Å². The first-order valence-electron chi connectivity index (χ1n) is 5.95. The minimum absolute atomic E-state index is 0. The van der Waals surface area contributed by atoms with Crippen molar-refractivity contribution in [1.82, 2.24) is 9.80 Å². The van der Waals surface area contributed by atoms with Gasteiger partial charge in [0.1, 0.15) is 0 Å². The summed E-state index contributed by atoms with van der Waals surface area (Å²) in [5.74, 6) is -4.91. The Bertz CT molecular complexity index is 403. The number of nitrogens with zero attached hydrogens (tertiary/aromatic N) is 3. The Kier molecular flexibility index (Phi) is 18.7. The quantitative estimate of drug-likeness (QED) is 0.154. The van der Waals surface area contributed by atoms with Crippen LogP contribution in [-0.4, -0.2) is 93.4 Å². The molecular weight excluding hydrogens is 357 g/mol. The van der Waals surface area contributed by atoms with Gasteiger partial charge in [0.15, 0.2) is 0 Å². The monoisotopic (exact) mass is 373 g/mol. The molecule has 0 rings (SSSR count). The molecule has 0 atom stereocenters. The van der Waals surface area contributed by atoms with Crippen LogP contribution in [0.5, 0.6) is 0 Å². The van der Waals surface area contributed by atoms with Crippen LogP contribution < -0.4 is 29.6 Å². The Morgan fingerprint density at radius 3 is 1.04 bits per heavy atom. The molecule has 0 heterocycles. The first-order chi connectivity index (χ1) is 10.6. The molecular formula is C11H16N3NaO8S. The van der Waals surface area contributed by atoms with Crippen molar-refractivity contribution in [3.63, 3.8) is 0 Å². The molecule has 0 saturated heterocycles. The zero-order valence-corrected chi connectivity index (χ0v) is 15.7. The van der Waals surface area contributed by atoms with Gasteiger partial charge in [0.2, 0.25) is 0 Å². The SMILES string of the molecule is N#C[S-].O=C(O)CN(CCN(CC(=O)O)CC(=O)O)CC(=O)O.[Na+]. The van der Waals surface area contributed by atoms with Gasteiger partial charge in [0.25, 0.3) is 0 Å². The summed E-state index contributed by atoms with van der Waals surface area (Å²) in [7, 11) is 0. The molecule has 0 aromatic rings. The number of carbonyl (C=O) groups is 4. The third-order valence-electron chi connectivity index (χ3n) is 2.17. The van der Waals surface area contributed by atoms with Crippen LogP contribution >= 0.6 is 0 Å². The fourth-order valence-electron chi connectivity index (χ4n) is 1.48. The summed E-state index contributed by atoms with van der Waals surface area (Å²) in [6, 6.07) is 0. The summed E-state index contributed by atoms with van der Waals surface area (Å²) in [5, 5.41) is 42.9. The topological polar surface area (TPSA) is 179 Å². The van der Waals surface area contributed by atoms with Crippen LogP contribution in [-0.2, 0) is 31.8 Å². The first kappa shape index (κ1) is 27.4. The number of hydrogen-bond donors (Lipinski definition) is 4. The van der Waals surface area contributed by atoms with Crippen molar-refractivity contribution in [2.45, 2.75) is 0 Å². The molecule has 0 aliphatic carbocycles. The zero-order valence-electron chi connectivity index (χ0n) is 12.9. The average molecular weight is 373 g/mol. The van der Waals surface area contributed by atoms with Crippen molar-refractivity contribution >= 4 is 36.5 Å². The zero-order chi connectivity index (χ0) is 18.4. The van der Waals surface area contributed by atoms with Crippen LogP contribution in [0.4, 0.5) is 0 Å². The van der Waals surface area contributed by atoms with Gasteiger partial charge in [-0.25, -0.2) is 5.26 Å². The van der Waals surface area contributed by atoms with E-state index >= 15 is 0 Å². The normalized spacial score (nSPS) is 9.21. The maximum absolute atomic E-state index is 10.6. The molecule has 130 valence electrons. The molecule has 0 unspecified atom stereocenters. The van der Waals surface area contributed by atoms with E-state index in [1.54, 1.807) is 0 Å². The van der Waals surface area contributed by atoms with Crippen LogP contribution in [0.25, 0.3) is 0 Å². The van der Waals surface area contributed by atoms with E-state index in [2.05, 4.69) is 12.6 Å². The van der Waals surface area contributed by atoms with Crippen molar-refractivity contribution in [3.8, 4) is 5.40 Å². The Morgan fingerprint density at radius 1 is 0.750 bits per heavy atom. The Balaban J connectivity index is -0.00000102. The molecule has 0 radical (unpaired) electrons. The number of carboxylic acid groups (broad SMARTS) is 4. The first-order valence-corrected chi connectivity index (χ1v) is 6.36. The molecule has 0 saturated carbocycles. The van der Waals surface area contributed by atoms with Crippen LogP contribution in [0.3, 0.4) is 0 Å². The number of thiocyanates is 1. The Labute approximate surface area is 165 Å². The largest absolute Gasteiger partial charge is 1.00 e. The van der Waals surface area contributed by atoms with Crippen LogP contribution in [0.15, 0.2) is 0 Å². The number of aliphatic carboxylic acids is 4. The van der Waals surface area contributed by atoms with Gasteiger partial charge in [-0.05, 0) is 0 Å². The third-order valence-corrected chi connectivity index (χ3v) is 2.17. The molecule has 13 heteroatoms. The minimum Gasteiger partial charge on any atom is -0.696 e. The number of carboxylic acids is 4. The molecule has 24 heavy (non-hydrogen) atoms.